The quantitative estimate of drug-likeness (QED) is 0.304. The summed E-state index contributed by atoms with van der Waals surface area (Å²) in [6, 6.07) is 19.4. The van der Waals surface area contributed by atoms with E-state index in [1.807, 2.05) is 60.7 Å². The maximum absolute atomic E-state index is 10.6. The molecular formula is C20H20N2OS. The fourth-order valence-electron chi connectivity index (χ4n) is 2.44. The molecule has 3 rings (SSSR count). The Balaban J connectivity index is 2.00. The summed E-state index contributed by atoms with van der Waals surface area (Å²) < 4.78 is 0. The molecular weight excluding hydrogens is 316 g/mol. The van der Waals surface area contributed by atoms with Crippen LogP contribution in [0.4, 0.5) is 11.4 Å². The number of hydrogen-bond donors (Lipinski definition) is 1. The summed E-state index contributed by atoms with van der Waals surface area (Å²) in [5, 5.41) is 21.0. The lowest BCUT2D eigenvalue weighted by atomic mass is 10.1. The first-order valence-electron chi connectivity index (χ1n) is 8.14. The Labute approximate surface area is 146 Å². The third-order valence-electron chi connectivity index (χ3n) is 3.74. The summed E-state index contributed by atoms with van der Waals surface area (Å²) in [7, 11) is 0. The topological polar surface area (TPSA) is 45.0 Å². The zero-order chi connectivity index (χ0) is 16.8. The number of nitrogens with zero attached hydrogens (tertiary/aromatic N) is 2. The van der Waals surface area contributed by atoms with Crippen molar-refractivity contribution in [1.29, 1.82) is 0 Å². The Kier molecular flexibility index (Phi) is 5.49. The molecule has 122 valence electrons. The average molecular weight is 336 g/mol. The third-order valence-corrected chi connectivity index (χ3v) is 4.88. The molecule has 0 saturated carbocycles. The van der Waals surface area contributed by atoms with Crippen LogP contribution < -0.4 is 0 Å². The lowest BCUT2D eigenvalue weighted by Gasteiger charge is -2.10. The van der Waals surface area contributed by atoms with Crippen LogP contribution >= 0.6 is 11.8 Å². The van der Waals surface area contributed by atoms with E-state index in [-0.39, 0.29) is 5.75 Å². The minimum absolute atomic E-state index is 0.185. The van der Waals surface area contributed by atoms with Gasteiger partial charge in [-0.15, -0.1) is 16.9 Å². The van der Waals surface area contributed by atoms with Crippen LogP contribution in [-0.2, 0) is 0 Å². The van der Waals surface area contributed by atoms with Crippen molar-refractivity contribution in [3.63, 3.8) is 0 Å². The number of phenolic OH excluding ortho intramolecular Hbond substituents is 1. The molecule has 0 aliphatic heterocycles. The summed E-state index contributed by atoms with van der Waals surface area (Å²) in [6.45, 7) is 2.19. The number of hydrogen-bond acceptors (Lipinski definition) is 4. The molecule has 3 aromatic rings. The molecule has 3 aromatic carbocycles. The minimum Gasteiger partial charge on any atom is -0.505 e. The summed E-state index contributed by atoms with van der Waals surface area (Å²) in [4.78, 5) is 1.14. The van der Waals surface area contributed by atoms with Crippen molar-refractivity contribution in [2.75, 3.05) is 5.75 Å². The molecule has 0 fully saturated rings. The van der Waals surface area contributed by atoms with Gasteiger partial charge in [-0.05, 0) is 35.8 Å². The van der Waals surface area contributed by atoms with Crippen LogP contribution in [0.25, 0.3) is 10.8 Å². The molecule has 0 heterocycles. The largest absolute Gasteiger partial charge is 0.505 e. The van der Waals surface area contributed by atoms with Gasteiger partial charge in [0.05, 0.1) is 5.69 Å². The normalized spacial score (nSPS) is 11.4. The van der Waals surface area contributed by atoms with Gasteiger partial charge in [0.25, 0.3) is 0 Å². The van der Waals surface area contributed by atoms with Crippen molar-refractivity contribution in [2.24, 2.45) is 10.2 Å². The number of unbranched alkanes of at least 4 members (excludes halogenated alkanes) is 1. The standard InChI is InChI=1S/C20H20N2OS/c1-2-3-13-24-19-14-18(22-21-15-9-5-4-6-10-15)20(23)17-12-8-7-11-16(17)19/h4-12,14,23H,2-3,13H2,1H3/b22-21+. The smallest absolute Gasteiger partial charge is 0.150 e. The van der Waals surface area contributed by atoms with Crippen LogP contribution in [0.3, 0.4) is 0 Å². The second-order valence-corrected chi connectivity index (χ2v) is 6.66. The number of azo groups is 1. The van der Waals surface area contributed by atoms with Crippen molar-refractivity contribution < 1.29 is 5.11 Å². The maximum Gasteiger partial charge on any atom is 0.150 e. The monoisotopic (exact) mass is 336 g/mol. The molecule has 24 heavy (non-hydrogen) atoms. The second kappa shape index (κ2) is 7.97. The SMILES string of the molecule is CCCCSc1cc(/N=N/c2ccccc2)c(O)c2ccccc12. The van der Waals surface area contributed by atoms with Crippen molar-refractivity contribution in [3.05, 3.63) is 60.7 Å². The highest BCUT2D eigenvalue weighted by Gasteiger charge is 2.11. The number of thioether (sulfide) groups is 1. The van der Waals surface area contributed by atoms with E-state index in [9.17, 15) is 5.11 Å². The van der Waals surface area contributed by atoms with Gasteiger partial charge in [0.15, 0.2) is 5.75 Å². The molecule has 3 nitrogen and oxygen atoms in total. The van der Waals surface area contributed by atoms with Gasteiger partial charge >= 0.3 is 0 Å². The molecule has 0 atom stereocenters. The fourth-order valence-corrected chi connectivity index (χ4v) is 3.62. The van der Waals surface area contributed by atoms with Gasteiger partial charge in [0.1, 0.15) is 5.69 Å². The molecule has 0 radical (unpaired) electrons. The van der Waals surface area contributed by atoms with E-state index in [1.165, 1.54) is 12.8 Å². The Morgan fingerprint density at radius 2 is 1.62 bits per heavy atom. The predicted molar refractivity (Wildman–Crippen MR) is 102 cm³/mol. The van der Waals surface area contributed by atoms with Crippen LogP contribution in [0.15, 0.2) is 75.8 Å². The Morgan fingerprint density at radius 3 is 2.38 bits per heavy atom. The number of fused-ring (bicyclic) bond motifs is 1. The highest BCUT2D eigenvalue weighted by Crippen LogP contribution is 2.41. The van der Waals surface area contributed by atoms with Crippen LogP contribution in [0.2, 0.25) is 0 Å². The van der Waals surface area contributed by atoms with E-state index in [4.69, 9.17) is 0 Å². The van der Waals surface area contributed by atoms with Crippen LogP contribution in [-0.4, -0.2) is 10.9 Å². The number of phenols is 1. The van der Waals surface area contributed by atoms with Crippen LogP contribution in [0.1, 0.15) is 19.8 Å². The van der Waals surface area contributed by atoms with E-state index in [0.717, 1.165) is 27.1 Å². The number of benzene rings is 3. The zero-order valence-corrected chi connectivity index (χ0v) is 14.5. The summed E-state index contributed by atoms with van der Waals surface area (Å²) in [6.07, 6.45) is 2.34. The Bertz CT molecular complexity index is 847. The Hall–Kier alpha value is -2.33. The zero-order valence-electron chi connectivity index (χ0n) is 13.6. The Morgan fingerprint density at radius 1 is 0.917 bits per heavy atom. The summed E-state index contributed by atoms with van der Waals surface area (Å²) in [5.41, 5.74) is 1.28. The lowest BCUT2D eigenvalue weighted by molar-refractivity contribution is 0.482. The van der Waals surface area contributed by atoms with Gasteiger partial charge in [0, 0.05) is 10.3 Å². The van der Waals surface area contributed by atoms with Gasteiger partial charge in [0.2, 0.25) is 0 Å². The van der Waals surface area contributed by atoms with Gasteiger partial charge in [-0.25, -0.2) is 0 Å². The fraction of sp³-hybridized carbons (Fsp3) is 0.200. The van der Waals surface area contributed by atoms with Crippen molar-refractivity contribution in [2.45, 2.75) is 24.7 Å². The molecule has 4 heteroatoms. The molecule has 0 spiro atoms. The summed E-state index contributed by atoms with van der Waals surface area (Å²) in [5.74, 6) is 1.24. The maximum atomic E-state index is 10.6. The minimum atomic E-state index is 0.185. The highest BCUT2D eigenvalue weighted by molar-refractivity contribution is 7.99. The van der Waals surface area contributed by atoms with Crippen molar-refractivity contribution in [1.82, 2.24) is 0 Å². The van der Waals surface area contributed by atoms with E-state index >= 15 is 0 Å². The molecule has 0 aliphatic rings. The molecule has 0 saturated heterocycles. The molecule has 1 N–H and O–H groups in total. The number of rotatable bonds is 6. The first kappa shape index (κ1) is 16.5. The molecule has 0 unspecified atom stereocenters. The summed E-state index contributed by atoms with van der Waals surface area (Å²) >= 11 is 1.81. The van der Waals surface area contributed by atoms with E-state index in [2.05, 4.69) is 17.2 Å². The van der Waals surface area contributed by atoms with Crippen LogP contribution in [0.5, 0.6) is 5.75 Å². The van der Waals surface area contributed by atoms with E-state index in [1.54, 1.807) is 11.8 Å². The molecule has 0 aromatic heterocycles. The average Bonchev–Trinajstić information content (AvgIpc) is 2.64. The van der Waals surface area contributed by atoms with E-state index < -0.39 is 0 Å². The first-order valence-corrected chi connectivity index (χ1v) is 9.12. The molecule has 0 bridgehead atoms. The molecule has 0 aliphatic carbocycles. The lowest BCUT2D eigenvalue weighted by Crippen LogP contribution is -1.83. The van der Waals surface area contributed by atoms with Gasteiger partial charge in [-0.2, -0.15) is 5.11 Å². The predicted octanol–water partition coefficient (Wildman–Crippen LogP) is 6.85. The van der Waals surface area contributed by atoms with Gasteiger partial charge in [-0.1, -0.05) is 55.8 Å². The third kappa shape index (κ3) is 3.77. The van der Waals surface area contributed by atoms with Gasteiger partial charge in [-0.3, -0.25) is 0 Å². The van der Waals surface area contributed by atoms with E-state index in [0.29, 0.717) is 5.69 Å². The van der Waals surface area contributed by atoms with Crippen molar-refractivity contribution >= 4 is 33.9 Å². The van der Waals surface area contributed by atoms with Crippen molar-refractivity contribution in [3.8, 4) is 5.75 Å². The highest BCUT2D eigenvalue weighted by atomic mass is 32.2. The van der Waals surface area contributed by atoms with Gasteiger partial charge < -0.3 is 5.11 Å². The second-order valence-electron chi connectivity index (χ2n) is 5.53. The first-order chi connectivity index (χ1) is 11.8. The molecule has 0 amide bonds. The van der Waals surface area contributed by atoms with Crippen LogP contribution in [0, 0.1) is 0 Å². The number of aromatic hydroxyl groups is 1.